The summed E-state index contributed by atoms with van der Waals surface area (Å²) in [6.45, 7) is 28.8. The summed E-state index contributed by atoms with van der Waals surface area (Å²) < 4.78 is 33.9. The zero-order chi connectivity index (χ0) is 96.1. The number of ether oxygens (including phenoxy) is 5. The van der Waals surface area contributed by atoms with Crippen molar-refractivity contribution in [3.63, 3.8) is 0 Å². The number of aryl methyl sites for hydroxylation is 9. The van der Waals surface area contributed by atoms with E-state index in [1.165, 1.54) is 83.5 Å². The number of nitrogens with one attached hydrogen (secondary N) is 2. The molecule has 6 aliphatic rings. The Morgan fingerprint density at radius 1 is 0.343 bits per heavy atom. The topological polar surface area (TPSA) is 435 Å². The third-order valence-corrected chi connectivity index (χ3v) is 26.1. The van der Waals surface area contributed by atoms with Gasteiger partial charge in [0.1, 0.15) is 5.69 Å². The van der Waals surface area contributed by atoms with Crippen LogP contribution in [-0.2, 0) is 71.9 Å². The van der Waals surface area contributed by atoms with Crippen LogP contribution in [0.3, 0.4) is 0 Å². The number of anilines is 5. The SMILES string of the molecule is COc1cnn(-c2nc(-c3cc(C)c4c(c3)CN(C)CC4)cnc2N)c1.Cc1cc(-c2cnc(N)c(Oc3c(C)n[nH]c3C)n2)cc2c1CCN(C)C2.Cc1cc(-c2cnc(N)c(Oc3cn[nH]c3C)n2)cc2c1CCN(C)C2.Cc1cc(-c2cnc(N)c(Oc3cnn(C)c3)n2)cc2c1CCN(C)C2.Cc1cc(-c2cnc(N)c(Oc3cnn(C4CCN(C)CC4)c3)n2)cc2c1CCN(C)C2. The quantitative estimate of drug-likeness (QED) is 0.0472. The molecule has 36 heteroatoms. The molecule has 12 N–H and O–H groups in total. The number of nitrogens with two attached hydrogens (primary N) is 5. The molecule has 16 heterocycles. The number of nitrogen functional groups attached to an aromatic ring is 5. The van der Waals surface area contributed by atoms with Crippen LogP contribution >= 0.6 is 0 Å². The normalized spacial score (nSPS) is 15.1. The summed E-state index contributed by atoms with van der Waals surface area (Å²) in [5, 5.41) is 26.7. The van der Waals surface area contributed by atoms with Crippen molar-refractivity contribution in [2.75, 3.05) is 124 Å². The maximum absolute atomic E-state index is 6.10. The summed E-state index contributed by atoms with van der Waals surface area (Å²) in [6, 6.07) is 22.3. The van der Waals surface area contributed by atoms with Crippen molar-refractivity contribution < 1.29 is 23.7 Å². The Kier molecular flexibility index (Phi) is 28.1. The van der Waals surface area contributed by atoms with Crippen LogP contribution < -0.4 is 52.4 Å². The van der Waals surface area contributed by atoms with Gasteiger partial charge in [0.05, 0.1) is 127 Å². The van der Waals surface area contributed by atoms with Gasteiger partial charge < -0.3 is 81.8 Å². The molecule has 0 bridgehead atoms. The number of methoxy groups -OCH3 is 1. The molecule has 0 saturated carbocycles. The Balaban J connectivity index is 0.000000119. The van der Waals surface area contributed by atoms with E-state index in [-0.39, 0.29) is 23.3 Å². The maximum atomic E-state index is 6.10. The Bertz CT molecular complexity index is 6890. The third-order valence-electron chi connectivity index (χ3n) is 26.1. The molecular weight excluding hydrogens is 1730 g/mol. The van der Waals surface area contributed by atoms with Gasteiger partial charge in [0, 0.05) is 100 Å². The maximum Gasteiger partial charge on any atom is 0.263 e. The van der Waals surface area contributed by atoms with Crippen LogP contribution in [0.1, 0.15) is 119 Å². The summed E-state index contributed by atoms with van der Waals surface area (Å²) in [5.41, 5.74) is 61.8. The van der Waals surface area contributed by atoms with Crippen molar-refractivity contribution in [1.29, 1.82) is 0 Å². The van der Waals surface area contributed by atoms with Gasteiger partial charge in [0.15, 0.2) is 63.7 Å². The van der Waals surface area contributed by atoms with Gasteiger partial charge in [-0.2, -0.15) is 25.5 Å². The predicted molar refractivity (Wildman–Crippen MR) is 530 cm³/mol. The fourth-order valence-electron chi connectivity index (χ4n) is 18.5. The number of aromatic nitrogens is 20. The van der Waals surface area contributed by atoms with E-state index in [0.29, 0.717) is 69.9 Å². The lowest BCUT2D eigenvalue weighted by Gasteiger charge is -2.28. The lowest BCUT2D eigenvalue weighted by molar-refractivity contribution is 0.212. The number of aromatic amines is 2. The lowest BCUT2D eigenvalue weighted by Crippen LogP contribution is -2.31. The standard InChI is InChI=1S/C24H31N7O.C20H24N6O.3C19H22N6O/c1-16-10-17(11-18-14-30(3)9-6-21(16)18)22-13-26-23(25)24(28-22)32-20-12-27-31(15-20)19-4-7-29(2)8-5-19;1-11-7-14(8-15-10-26(4)6-5-16(11)15)17-9-22-19(21)20(23-17)27-18-12(2)24-25-13(18)3;1-12-6-13(7-14-10-24(2)5-4-16(12)14)17-9-21-18(20)19(23-17)25-11-15(26-3)8-22-25;1-12-6-13(7-14-10-24(2)5-4-16(12)14)17-9-21-18(20)19(23-17)26-15-8-22-25(3)11-15;1-11-6-13(7-14-10-25(3)5-4-15(11)14)16-8-21-18(20)19(23-16)26-17-9-22-24-12(17)2/h10-13,15,19H,4-9,14H2,1-3H3,(H2,25,26);7-9H,5-6,10H2,1-4H3,(H2,21,22)(H,24,25);2*6-9,11H,4-5,10H2,1-3H3,(H2,20,21);6-9H,4-5,10H2,1-3H3,(H2,20,21)(H,22,24). The zero-order valence-electron chi connectivity index (χ0n) is 80.9. The molecule has 0 atom stereocenters. The molecule has 15 aromatic rings. The first-order chi connectivity index (χ1) is 65.9. The van der Waals surface area contributed by atoms with E-state index in [1.54, 1.807) is 84.6 Å². The lowest BCUT2D eigenvalue weighted by atomic mass is 9.92. The minimum Gasteiger partial charge on any atom is -0.493 e. The highest BCUT2D eigenvalue weighted by molar-refractivity contribution is 5.70. The molecular formula is C101H121N31O5. The van der Waals surface area contributed by atoms with Crippen molar-refractivity contribution in [3.8, 4) is 114 Å². The van der Waals surface area contributed by atoms with Crippen LogP contribution in [0.2, 0.25) is 0 Å². The average Bonchev–Trinajstić information content (AvgIpc) is 1.52. The first-order valence-corrected chi connectivity index (χ1v) is 46.2. The van der Waals surface area contributed by atoms with E-state index in [1.807, 2.05) is 38.7 Å². The van der Waals surface area contributed by atoms with Crippen molar-refractivity contribution in [1.82, 2.24) is 129 Å². The van der Waals surface area contributed by atoms with Gasteiger partial charge in [-0.1, -0.05) is 0 Å². The third kappa shape index (κ3) is 21.8. The van der Waals surface area contributed by atoms with Crippen LogP contribution in [-0.4, -0.2) is 224 Å². The Morgan fingerprint density at radius 3 is 1.05 bits per heavy atom. The fourth-order valence-corrected chi connectivity index (χ4v) is 18.5. The summed E-state index contributed by atoms with van der Waals surface area (Å²) in [5.74, 6) is 6.14. The minimum absolute atomic E-state index is 0.253. The second-order valence-corrected chi connectivity index (χ2v) is 36.7. The van der Waals surface area contributed by atoms with Crippen molar-refractivity contribution in [2.45, 2.75) is 139 Å². The fraction of sp³-hybridized carbons (Fsp3) is 0.356. The monoisotopic (exact) mass is 1850 g/mol. The van der Waals surface area contributed by atoms with Gasteiger partial charge >= 0.3 is 0 Å². The van der Waals surface area contributed by atoms with E-state index in [0.717, 1.165) is 197 Å². The minimum atomic E-state index is 0.253. The van der Waals surface area contributed by atoms with Crippen molar-refractivity contribution in [2.24, 2.45) is 7.05 Å². The van der Waals surface area contributed by atoms with Crippen LogP contribution in [0.5, 0.6) is 52.3 Å². The number of piperidine rings is 1. The van der Waals surface area contributed by atoms with Gasteiger partial charge in [0.2, 0.25) is 0 Å². The number of rotatable bonds is 16. The summed E-state index contributed by atoms with van der Waals surface area (Å²) in [7, 11) is 16.3. The van der Waals surface area contributed by atoms with Gasteiger partial charge in [-0.25, -0.2) is 54.5 Å². The molecule has 0 unspecified atom stereocenters. The molecule has 137 heavy (non-hydrogen) atoms. The molecule has 0 spiro atoms. The van der Waals surface area contributed by atoms with Crippen LogP contribution in [0.25, 0.3) is 62.1 Å². The van der Waals surface area contributed by atoms with Crippen LogP contribution in [0.4, 0.5) is 29.1 Å². The van der Waals surface area contributed by atoms with E-state index < -0.39 is 0 Å². The Morgan fingerprint density at radius 2 is 0.701 bits per heavy atom. The number of H-pyrrole nitrogens is 2. The number of hydrogen-bond acceptors (Lipinski definition) is 31. The summed E-state index contributed by atoms with van der Waals surface area (Å²) in [6.07, 6.45) is 28.1. The smallest absolute Gasteiger partial charge is 0.263 e. The zero-order valence-corrected chi connectivity index (χ0v) is 80.9. The molecule has 0 amide bonds. The van der Waals surface area contributed by atoms with Crippen LogP contribution in [0.15, 0.2) is 135 Å². The number of likely N-dealkylation sites (N-methyl/N-ethyl adjacent to an activating group) is 5. The molecule has 0 aliphatic carbocycles. The molecule has 5 aromatic carbocycles. The largest absolute Gasteiger partial charge is 0.493 e. The van der Waals surface area contributed by atoms with E-state index in [2.05, 4.69) is 243 Å². The second kappa shape index (κ2) is 40.9. The molecule has 0 radical (unpaired) electrons. The predicted octanol–water partition coefficient (Wildman–Crippen LogP) is 14.0. The summed E-state index contributed by atoms with van der Waals surface area (Å²) >= 11 is 0. The number of benzene rings is 5. The highest BCUT2D eigenvalue weighted by Crippen LogP contribution is 2.40. The molecule has 6 aliphatic heterocycles. The first-order valence-electron chi connectivity index (χ1n) is 46.2. The van der Waals surface area contributed by atoms with Gasteiger partial charge in [-0.15, -0.1) is 0 Å². The van der Waals surface area contributed by atoms with Gasteiger partial charge in [-0.3, -0.25) is 19.6 Å². The number of nitrogens with zero attached hydrogens (tertiary/aromatic N) is 24. The molecule has 10 aromatic heterocycles. The van der Waals surface area contributed by atoms with Crippen molar-refractivity contribution >= 4 is 29.1 Å². The number of likely N-dealkylation sites (tertiary alicyclic amines) is 1. The Labute approximate surface area is 797 Å². The molecule has 21 rings (SSSR count). The second-order valence-electron chi connectivity index (χ2n) is 36.7. The van der Waals surface area contributed by atoms with Gasteiger partial charge in [-0.05, 0) is 300 Å². The molecule has 710 valence electrons. The average molecular weight is 1850 g/mol. The highest BCUT2D eigenvalue weighted by Gasteiger charge is 2.28. The van der Waals surface area contributed by atoms with E-state index in [4.69, 9.17) is 62.3 Å². The molecule has 36 nitrogen and oxygen atoms in total. The number of hydrogen-bond donors (Lipinski definition) is 7. The molecule has 1 saturated heterocycles. The van der Waals surface area contributed by atoms with E-state index >= 15 is 0 Å². The first kappa shape index (κ1) is 94.1. The number of fused-ring (bicyclic) bond motifs is 5. The van der Waals surface area contributed by atoms with Crippen molar-refractivity contribution in [3.05, 3.63) is 236 Å². The van der Waals surface area contributed by atoms with Crippen LogP contribution in [0, 0.1) is 55.4 Å². The highest BCUT2D eigenvalue weighted by atomic mass is 16.5. The Hall–Kier alpha value is -14.7. The van der Waals surface area contributed by atoms with Gasteiger partial charge in [0.25, 0.3) is 23.5 Å². The summed E-state index contributed by atoms with van der Waals surface area (Å²) in [4.78, 5) is 58.8. The van der Waals surface area contributed by atoms with E-state index in [9.17, 15) is 0 Å². The molecule has 1 fully saturated rings.